The van der Waals surface area contributed by atoms with Crippen molar-refractivity contribution >= 4 is 11.2 Å². The Bertz CT molecular complexity index is 674. The quantitative estimate of drug-likeness (QED) is 0.767. The number of imidazole rings is 1. The average molecular weight is 244 g/mol. The number of hydrogen-bond acceptors (Lipinski definition) is 3. The fourth-order valence-corrected chi connectivity index (χ4v) is 1.99. The Labute approximate surface area is 105 Å². The van der Waals surface area contributed by atoms with Gasteiger partial charge in [-0.25, -0.2) is 9.67 Å². The molecule has 3 aromatic rings. The Hall–Kier alpha value is -2.11. The van der Waals surface area contributed by atoms with E-state index >= 15 is 0 Å². The van der Waals surface area contributed by atoms with Crippen molar-refractivity contribution in [2.45, 2.75) is 26.3 Å². The summed E-state index contributed by atoms with van der Waals surface area (Å²) < 4.78 is 3.73. The van der Waals surface area contributed by atoms with Crippen molar-refractivity contribution in [1.82, 2.24) is 29.5 Å². The van der Waals surface area contributed by atoms with Gasteiger partial charge in [0, 0.05) is 13.2 Å². The molecule has 3 heterocycles. The summed E-state index contributed by atoms with van der Waals surface area (Å²) in [7, 11) is 1.90. The second-order valence-electron chi connectivity index (χ2n) is 4.57. The molecule has 0 saturated carbocycles. The highest BCUT2D eigenvalue weighted by atomic mass is 15.3. The Morgan fingerprint density at radius 3 is 2.83 bits per heavy atom. The van der Waals surface area contributed by atoms with Gasteiger partial charge in [0.2, 0.25) is 0 Å². The summed E-state index contributed by atoms with van der Waals surface area (Å²) in [6.45, 7) is 4.29. The minimum Gasteiger partial charge on any atom is -0.335 e. The van der Waals surface area contributed by atoms with Gasteiger partial charge in [-0.2, -0.15) is 10.2 Å². The molecule has 3 aromatic heterocycles. The maximum atomic E-state index is 4.62. The molecule has 6 heteroatoms. The van der Waals surface area contributed by atoms with Crippen LogP contribution in [0, 0.1) is 0 Å². The molecule has 0 saturated heterocycles. The fraction of sp³-hybridized carbons (Fsp3) is 0.417. The lowest BCUT2D eigenvalue weighted by Gasteiger charge is -2.08. The van der Waals surface area contributed by atoms with E-state index in [4.69, 9.17) is 0 Å². The van der Waals surface area contributed by atoms with Crippen LogP contribution in [0.1, 0.15) is 26.3 Å². The van der Waals surface area contributed by atoms with Crippen LogP contribution in [0.25, 0.3) is 22.6 Å². The van der Waals surface area contributed by atoms with Crippen LogP contribution in [-0.4, -0.2) is 29.5 Å². The first-order valence-electron chi connectivity index (χ1n) is 6.11. The molecule has 0 bridgehead atoms. The number of hydrogen-bond donors (Lipinski definition) is 1. The molecule has 0 aliphatic heterocycles. The number of aromatic amines is 1. The lowest BCUT2D eigenvalue weighted by atomic mass is 10.3. The van der Waals surface area contributed by atoms with Crippen molar-refractivity contribution in [1.29, 1.82) is 0 Å². The van der Waals surface area contributed by atoms with E-state index in [1.165, 1.54) is 0 Å². The first-order valence-corrected chi connectivity index (χ1v) is 6.11. The second kappa shape index (κ2) is 3.97. The number of fused-ring (bicyclic) bond motifs is 1. The summed E-state index contributed by atoms with van der Waals surface area (Å²) >= 11 is 0. The Kier molecular flexibility index (Phi) is 2.43. The Morgan fingerprint density at radius 1 is 1.33 bits per heavy atom. The topological polar surface area (TPSA) is 64.3 Å². The summed E-state index contributed by atoms with van der Waals surface area (Å²) in [5, 5.41) is 8.52. The fourth-order valence-electron chi connectivity index (χ4n) is 1.99. The molecular weight excluding hydrogens is 228 g/mol. The normalized spacial score (nSPS) is 13.3. The summed E-state index contributed by atoms with van der Waals surface area (Å²) in [5.41, 5.74) is 2.86. The van der Waals surface area contributed by atoms with Gasteiger partial charge in [-0.15, -0.1) is 0 Å². The summed E-state index contributed by atoms with van der Waals surface area (Å²) in [6, 6.07) is 0.354. The third-order valence-electron chi connectivity index (χ3n) is 3.23. The standard InChI is InChI=1S/C12H16N6/c1-4-8(2)18-12-10(6-14-18)15-11(16-12)9-5-13-17(3)7-9/h5-8H,4H2,1-3H3,(H,15,16)/t8-/m1/s1. The molecule has 0 spiro atoms. The van der Waals surface area contributed by atoms with Crippen molar-refractivity contribution in [2.75, 3.05) is 0 Å². The van der Waals surface area contributed by atoms with E-state index in [9.17, 15) is 0 Å². The lowest BCUT2D eigenvalue weighted by Crippen LogP contribution is -2.05. The minimum atomic E-state index is 0.354. The smallest absolute Gasteiger partial charge is 0.177 e. The maximum Gasteiger partial charge on any atom is 0.177 e. The Balaban J connectivity index is 2.09. The van der Waals surface area contributed by atoms with Crippen LogP contribution >= 0.6 is 0 Å². The van der Waals surface area contributed by atoms with E-state index in [0.717, 1.165) is 29.0 Å². The van der Waals surface area contributed by atoms with E-state index in [1.54, 1.807) is 10.9 Å². The van der Waals surface area contributed by atoms with E-state index < -0.39 is 0 Å². The second-order valence-corrected chi connectivity index (χ2v) is 4.57. The first-order chi connectivity index (χ1) is 8.69. The van der Waals surface area contributed by atoms with Crippen LogP contribution in [0.15, 0.2) is 18.6 Å². The van der Waals surface area contributed by atoms with E-state index in [1.807, 2.05) is 24.1 Å². The zero-order valence-electron chi connectivity index (χ0n) is 10.8. The molecule has 0 radical (unpaired) electrons. The third kappa shape index (κ3) is 1.61. The van der Waals surface area contributed by atoms with Gasteiger partial charge in [0.1, 0.15) is 11.3 Å². The highest BCUT2D eigenvalue weighted by Crippen LogP contribution is 2.22. The zero-order chi connectivity index (χ0) is 12.7. The zero-order valence-corrected chi connectivity index (χ0v) is 10.8. The van der Waals surface area contributed by atoms with Gasteiger partial charge in [-0.3, -0.25) is 4.68 Å². The third-order valence-corrected chi connectivity index (χ3v) is 3.23. The van der Waals surface area contributed by atoms with Gasteiger partial charge in [0.25, 0.3) is 0 Å². The molecule has 3 rings (SSSR count). The minimum absolute atomic E-state index is 0.354. The van der Waals surface area contributed by atoms with Gasteiger partial charge in [-0.05, 0) is 13.3 Å². The summed E-state index contributed by atoms with van der Waals surface area (Å²) in [4.78, 5) is 7.89. The molecule has 1 atom stereocenters. The van der Waals surface area contributed by atoms with Crippen molar-refractivity contribution in [3.63, 3.8) is 0 Å². The van der Waals surface area contributed by atoms with E-state index in [-0.39, 0.29) is 0 Å². The molecule has 0 aromatic carbocycles. The van der Waals surface area contributed by atoms with Crippen LogP contribution in [0.3, 0.4) is 0 Å². The van der Waals surface area contributed by atoms with Crippen molar-refractivity contribution in [3.8, 4) is 11.4 Å². The lowest BCUT2D eigenvalue weighted by molar-refractivity contribution is 0.490. The predicted molar refractivity (Wildman–Crippen MR) is 69.1 cm³/mol. The molecule has 0 fully saturated rings. The molecule has 0 amide bonds. The maximum absolute atomic E-state index is 4.62. The largest absolute Gasteiger partial charge is 0.335 e. The van der Waals surface area contributed by atoms with Crippen molar-refractivity contribution in [2.24, 2.45) is 7.05 Å². The highest BCUT2D eigenvalue weighted by molar-refractivity contribution is 5.75. The van der Waals surface area contributed by atoms with Crippen molar-refractivity contribution in [3.05, 3.63) is 18.6 Å². The van der Waals surface area contributed by atoms with Gasteiger partial charge >= 0.3 is 0 Å². The molecule has 0 aliphatic rings. The van der Waals surface area contributed by atoms with E-state index in [2.05, 4.69) is 34.0 Å². The summed E-state index contributed by atoms with van der Waals surface area (Å²) in [6.07, 6.45) is 6.61. The number of nitrogens with one attached hydrogen (secondary N) is 1. The molecule has 18 heavy (non-hydrogen) atoms. The number of rotatable bonds is 3. The van der Waals surface area contributed by atoms with Crippen LogP contribution < -0.4 is 0 Å². The van der Waals surface area contributed by atoms with Crippen molar-refractivity contribution < 1.29 is 0 Å². The molecule has 1 N–H and O–H groups in total. The van der Waals surface area contributed by atoms with Gasteiger partial charge < -0.3 is 4.98 Å². The monoisotopic (exact) mass is 244 g/mol. The van der Waals surface area contributed by atoms with Crippen LogP contribution in [0.5, 0.6) is 0 Å². The van der Waals surface area contributed by atoms with Gasteiger partial charge in [0.15, 0.2) is 5.65 Å². The number of nitrogens with zero attached hydrogens (tertiary/aromatic N) is 5. The molecular formula is C12H16N6. The van der Waals surface area contributed by atoms with Gasteiger partial charge in [0.05, 0.1) is 24.0 Å². The first kappa shape index (κ1) is 11.0. The molecule has 6 nitrogen and oxygen atoms in total. The SMILES string of the molecule is CC[C@@H](C)n1ncc2[nH]c(-c3cnn(C)c3)nc21. The number of aryl methyl sites for hydroxylation is 1. The molecule has 0 unspecified atom stereocenters. The predicted octanol–water partition coefficient (Wildman–Crippen LogP) is 2.13. The molecule has 94 valence electrons. The highest BCUT2D eigenvalue weighted by Gasteiger charge is 2.14. The number of H-pyrrole nitrogens is 1. The number of aromatic nitrogens is 6. The van der Waals surface area contributed by atoms with Crippen LogP contribution in [0.4, 0.5) is 0 Å². The molecule has 0 aliphatic carbocycles. The van der Waals surface area contributed by atoms with E-state index in [0.29, 0.717) is 6.04 Å². The average Bonchev–Trinajstić information content (AvgIpc) is 3.01. The van der Waals surface area contributed by atoms with Gasteiger partial charge in [-0.1, -0.05) is 6.92 Å². The summed E-state index contributed by atoms with van der Waals surface area (Å²) in [5.74, 6) is 0.840. The van der Waals surface area contributed by atoms with Crippen LogP contribution in [0.2, 0.25) is 0 Å². The van der Waals surface area contributed by atoms with Crippen LogP contribution in [-0.2, 0) is 7.05 Å². The Morgan fingerprint density at radius 2 is 2.17 bits per heavy atom.